The van der Waals surface area contributed by atoms with Gasteiger partial charge in [-0.05, 0) is 30.3 Å². The average Bonchev–Trinajstić information content (AvgIpc) is 2.39. The van der Waals surface area contributed by atoms with Crippen molar-refractivity contribution in [3.63, 3.8) is 0 Å². The quantitative estimate of drug-likeness (QED) is 0.829. The molecule has 2 aromatic rings. The Morgan fingerprint density at radius 2 is 2.06 bits per heavy atom. The van der Waals surface area contributed by atoms with Gasteiger partial charge in [0.1, 0.15) is 22.5 Å². The number of nitrogens with zero attached hydrogens (tertiary/aromatic N) is 2. The third-order valence-corrected chi connectivity index (χ3v) is 3.03. The Morgan fingerprint density at radius 3 is 2.82 bits per heavy atom. The second-order valence-electron chi connectivity index (χ2n) is 3.25. The summed E-state index contributed by atoms with van der Waals surface area (Å²) in [5.41, 5.74) is 0.429. The van der Waals surface area contributed by atoms with Crippen LogP contribution < -0.4 is 4.74 Å². The van der Waals surface area contributed by atoms with Gasteiger partial charge in [0.2, 0.25) is 0 Å². The highest BCUT2D eigenvalue weighted by atomic mass is 32.2. The number of pyridine rings is 1. The van der Waals surface area contributed by atoms with Gasteiger partial charge in [-0.25, -0.2) is 4.98 Å². The number of methoxy groups -OCH3 is 1. The largest absolute Gasteiger partial charge is 0.497 e. The lowest BCUT2D eigenvalue weighted by atomic mass is 10.3. The highest BCUT2D eigenvalue weighted by Crippen LogP contribution is 2.28. The minimum absolute atomic E-state index is 0.429. The molecule has 0 aliphatic carbocycles. The molecular weight excluding hydrogens is 232 g/mol. The van der Waals surface area contributed by atoms with Crippen LogP contribution in [0.25, 0.3) is 0 Å². The predicted molar refractivity (Wildman–Crippen MR) is 66.1 cm³/mol. The summed E-state index contributed by atoms with van der Waals surface area (Å²) in [7, 11) is 1.64. The first kappa shape index (κ1) is 11.5. The first-order valence-electron chi connectivity index (χ1n) is 5.01. The normalized spacial score (nSPS) is 9.65. The van der Waals surface area contributed by atoms with Gasteiger partial charge in [-0.1, -0.05) is 23.9 Å². The molecule has 0 spiro atoms. The molecule has 0 N–H and O–H groups in total. The van der Waals surface area contributed by atoms with Crippen LogP contribution in [0.1, 0.15) is 5.69 Å². The van der Waals surface area contributed by atoms with Crippen LogP contribution in [-0.4, -0.2) is 12.1 Å². The third kappa shape index (κ3) is 2.99. The summed E-state index contributed by atoms with van der Waals surface area (Å²) < 4.78 is 5.15. The lowest BCUT2D eigenvalue weighted by Gasteiger charge is -2.03. The van der Waals surface area contributed by atoms with Crippen molar-refractivity contribution in [2.45, 2.75) is 9.92 Å². The Morgan fingerprint density at radius 1 is 1.24 bits per heavy atom. The maximum absolute atomic E-state index is 8.77. The molecule has 0 unspecified atom stereocenters. The summed E-state index contributed by atoms with van der Waals surface area (Å²) >= 11 is 1.50. The van der Waals surface area contributed by atoms with Crippen molar-refractivity contribution >= 4 is 11.8 Å². The van der Waals surface area contributed by atoms with E-state index in [-0.39, 0.29) is 0 Å². The van der Waals surface area contributed by atoms with Gasteiger partial charge in [-0.2, -0.15) is 5.26 Å². The predicted octanol–water partition coefficient (Wildman–Crippen LogP) is 3.11. The SMILES string of the molecule is COc1cccc(Sc2cccc(C#N)n2)c1. The number of benzene rings is 1. The zero-order chi connectivity index (χ0) is 12.1. The lowest BCUT2D eigenvalue weighted by Crippen LogP contribution is -1.85. The fourth-order valence-electron chi connectivity index (χ4n) is 1.32. The van der Waals surface area contributed by atoms with Gasteiger partial charge in [-0.3, -0.25) is 0 Å². The summed E-state index contributed by atoms with van der Waals surface area (Å²) in [6.45, 7) is 0. The number of hydrogen-bond acceptors (Lipinski definition) is 4. The van der Waals surface area contributed by atoms with Crippen molar-refractivity contribution in [2.24, 2.45) is 0 Å². The van der Waals surface area contributed by atoms with Crippen LogP contribution in [0, 0.1) is 11.3 Å². The number of nitriles is 1. The Bertz CT molecular complexity index is 563. The standard InChI is InChI=1S/C13H10N2OS/c1-16-11-5-3-6-12(8-11)17-13-7-2-4-10(9-14)15-13/h2-8H,1H3. The van der Waals surface area contributed by atoms with Crippen LogP contribution in [-0.2, 0) is 0 Å². The van der Waals surface area contributed by atoms with Gasteiger partial charge in [0, 0.05) is 4.90 Å². The molecule has 0 radical (unpaired) electrons. The van der Waals surface area contributed by atoms with Crippen molar-refractivity contribution in [2.75, 3.05) is 7.11 Å². The average molecular weight is 242 g/mol. The molecule has 0 bridgehead atoms. The highest BCUT2D eigenvalue weighted by molar-refractivity contribution is 7.99. The van der Waals surface area contributed by atoms with Gasteiger partial charge in [0.25, 0.3) is 0 Å². The van der Waals surface area contributed by atoms with E-state index in [9.17, 15) is 0 Å². The molecule has 3 nitrogen and oxygen atoms in total. The minimum atomic E-state index is 0.429. The van der Waals surface area contributed by atoms with E-state index in [4.69, 9.17) is 10.00 Å². The van der Waals surface area contributed by atoms with Crippen molar-refractivity contribution in [1.29, 1.82) is 5.26 Å². The number of rotatable bonds is 3. The molecule has 1 heterocycles. The van der Waals surface area contributed by atoms with Crippen LogP contribution >= 0.6 is 11.8 Å². The molecule has 0 amide bonds. The Balaban J connectivity index is 2.22. The van der Waals surface area contributed by atoms with E-state index in [1.165, 1.54) is 11.8 Å². The Kier molecular flexibility index (Phi) is 3.63. The smallest absolute Gasteiger partial charge is 0.141 e. The monoisotopic (exact) mass is 242 g/mol. The van der Waals surface area contributed by atoms with Crippen LogP contribution in [0.3, 0.4) is 0 Å². The molecule has 0 fully saturated rings. The van der Waals surface area contributed by atoms with Crippen molar-refractivity contribution in [3.8, 4) is 11.8 Å². The topological polar surface area (TPSA) is 45.9 Å². The molecule has 0 saturated heterocycles. The molecule has 17 heavy (non-hydrogen) atoms. The van der Waals surface area contributed by atoms with E-state index in [1.54, 1.807) is 13.2 Å². The third-order valence-electron chi connectivity index (χ3n) is 2.10. The van der Waals surface area contributed by atoms with Crippen LogP contribution in [0.2, 0.25) is 0 Å². The minimum Gasteiger partial charge on any atom is -0.497 e. The van der Waals surface area contributed by atoms with Crippen molar-refractivity contribution in [1.82, 2.24) is 4.98 Å². The van der Waals surface area contributed by atoms with Crippen LogP contribution in [0.15, 0.2) is 52.4 Å². The molecular formula is C13H10N2OS. The fraction of sp³-hybridized carbons (Fsp3) is 0.0769. The number of hydrogen-bond donors (Lipinski definition) is 0. The first-order valence-corrected chi connectivity index (χ1v) is 5.82. The van der Waals surface area contributed by atoms with Crippen LogP contribution in [0.4, 0.5) is 0 Å². The summed E-state index contributed by atoms with van der Waals surface area (Å²) in [5.74, 6) is 0.812. The van der Waals surface area contributed by atoms with Gasteiger partial charge < -0.3 is 4.74 Å². The van der Waals surface area contributed by atoms with E-state index >= 15 is 0 Å². The summed E-state index contributed by atoms with van der Waals surface area (Å²) in [6.07, 6.45) is 0. The lowest BCUT2D eigenvalue weighted by molar-refractivity contribution is 0.413. The van der Waals surface area contributed by atoms with E-state index in [2.05, 4.69) is 4.98 Å². The Labute approximate surface area is 104 Å². The van der Waals surface area contributed by atoms with Crippen LogP contribution in [0.5, 0.6) is 5.75 Å². The van der Waals surface area contributed by atoms with E-state index in [1.807, 2.05) is 42.5 Å². The van der Waals surface area contributed by atoms with Gasteiger partial charge in [-0.15, -0.1) is 0 Å². The second-order valence-corrected chi connectivity index (χ2v) is 4.35. The molecule has 0 atom stereocenters. The summed E-state index contributed by atoms with van der Waals surface area (Å²) in [4.78, 5) is 5.24. The van der Waals surface area contributed by atoms with Gasteiger partial charge in [0.15, 0.2) is 0 Å². The maximum atomic E-state index is 8.77. The first-order chi connectivity index (χ1) is 8.31. The Hall–Kier alpha value is -1.99. The highest BCUT2D eigenvalue weighted by Gasteiger charge is 2.01. The molecule has 1 aromatic heterocycles. The van der Waals surface area contributed by atoms with Gasteiger partial charge in [0.05, 0.1) is 7.11 Å². The maximum Gasteiger partial charge on any atom is 0.141 e. The zero-order valence-corrected chi connectivity index (χ0v) is 10.1. The molecule has 0 aliphatic rings. The molecule has 2 rings (SSSR count). The number of ether oxygens (including phenoxy) is 1. The van der Waals surface area contributed by atoms with Crippen molar-refractivity contribution < 1.29 is 4.74 Å². The molecule has 0 saturated carbocycles. The fourth-order valence-corrected chi connectivity index (χ4v) is 2.17. The van der Waals surface area contributed by atoms with E-state index in [0.717, 1.165) is 15.7 Å². The molecule has 4 heteroatoms. The second kappa shape index (κ2) is 5.37. The molecule has 1 aromatic carbocycles. The number of aromatic nitrogens is 1. The zero-order valence-electron chi connectivity index (χ0n) is 9.25. The van der Waals surface area contributed by atoms with E-state index < -0.39 is 0 Å². The van der Waals surface area contributed by atoms with Crippen molar-refractivity contribution in [3.05, 3.63) is 48.2 Å². The van der Waals surface area contributed by atoms with Gasteiger partial charge >= 0.3 is 0 Å². The van der Waals surface area contributed by atoms with E-state index in [0.29, 0.717) is 5.69 Å². The molecule has 0 aliphatic heterocycles. The summed E-state index contributed by atoms with van der Waals surface area (Å²) in [5, 5.41) is 9.57. The summed E-state index contributed by atoms with van der Waals surface area (Å²) in [6, 6.07) is 15.2. The molecule has 84 valence electrons.